The molecule has 3 aliphatic rings. The highest BCUT2D eigenvalue weighted by atomic mass is 16.5. The number of nitrogens with zero attached hydrogens (tertiary/aromatic N) is 7. The van der Waals surface area contributed by atoms with Gasteiger partial charge in [0.15, 0.2) is 0 Å². The van der Waals surface area contributed by atoms with Crippen LogP contribution in [0, 0.1) is 18.3 Å². The molecule has 0 saturated carbocycles. The molecule has 0 aliphatic carbocycles. The molecule has 0 aromatic carbocycles. The third-order valence-corrected chi connectivity index (χ3v) is 7.46. The van der Waals surface area contributed by atoms with Crippen molar-refractivity contribution in [3.05, 3.63) is 46.0 Å². The highest BCUT2D eigenvalue weighted by Gasteiger charge is 2.33. The fourth-order valence-corrected chi connectivity index (χ4v) is 5.32. The number of aromatic amines is 1. The van der Waals surface area contributed by atoms with E-state index >= 15 is 0 Å². The number of ether oxygens (including phenoxy) is 1. The van der Waals surface area contributed by atoms with Gasteiger partial charge in [-0.3, -0.25) is 4.79 Å². The van der Waals surface area contributed by atoms with E-state index in [9.17, 15) is 9.59 Å². The van der Waals surface area contributed by atoms with Gasteiger partial charge >= 0.3 is 6.03 Å². The molecule has 0 bridgehead atoms. The Morgan fingerprint density at radius 3 is 2.72 bits per heavy atom. The molecule has 11 nitrogen and oxygen atoms in total. The Hall–Kier alpha value is -3.65. The average Bonchev–Trinajstić information content (AvgIpc) is 3.58. The van der Waals surface area contributed by atoms with Crippen molar-refractivity contribution in [3.63, 3.8) is 0 Å². The molecule has 2 aromatic heterocycles. The number of pyridine rings is 1. The van der Waals surface area contributed by atoms with Crippen molar-refractivity contribution in [1.29, 1.82) is 5.26 Å². The normalized spacial score (nSPS) is 22.2. The Kier molecular flexibility index (Phi) is 7.04. The predicted molar refractivity (Wildman–Crippen MR) is 134 cm³/mol. The maximum Gasteiger partial charge on any atom is 0.320 e. The summed E-state index contributed by atoms with van der Waals surface area (Å²) in [4.78, 5) is 37.7. The van der Waals surface area contributed by atoms with Crippen LogP contribution in [0.5, 0.6) is 0 Å². The van der Waals surface area contributed by atoms with Gasteiger partial charge in [-0.2, -0.15) is 10.4 Å². The second kappa shape index (κ2) is 10.5. The van der Waals surface area contributed by atoms with Crippen LogP contribution >= 0.6 is 0 Å². The van der Waals surface area contributed by atoms with Gasteiger partial charge in [-0.05, 0) is 38.3 Å². The van der Waals surface area contributed by atoms with Gasteiger partial charge in [0.2, 0.25) is 0 Å². The minimum absolute atomic E-state index is 0.0268. The van der Waals surface area contributed by atoms with E-state index in [-0.39, 0.29) is 23.7 Å². The van der Waals surface area contributed by atoms with E-state index in [1.54, 1.807) is 18.5 Å². The van der Waals surface area contributed by atoms with Gasteiger partial charge in [-0.15, -0.1) is 0 Å². The second-order valence-electron chi connectivity index (χ2n) is 9.66. The van der Waals surface area contributed by atoms with E-state index < -0.39 is 0 Å². The predicted octanol–water partition coefficient (Wildman–Crippen LogP) is 1.35. The second-order valence-corrected chi connectivity index (χ2v) is 9.66. The molecule has 3 fully saturated rings. The molecule has 5 heterocycles. The van der Waals surface area contributed by atoms with Crippen molar-refractivity contribution in [3.8, 4) is 6.07 Å². The Balaban J connectivity index is 1.09. The number of aromatic nitrogens is 3. The topological polar surface area (TPSA) is 122 Å². The van der Waals surface area contributed by atoms with Gasteiger partial charge in [0.1, 0.15) is 11.9 Å². The zero-order valence-corrected chi connectivity index (χ0v) is 20.6. The van der Waals surface area contributed by atoms with Crippen LogP contribution in [0.25, 0.3) is 0 Å². The lowest BCUT2D eigenvalue weighted by Crippen LogP contribution is -2.52. The fraction of sp³-hybridized carbons (Fsp3) is 0.560. The van der Waals surface area contributed by atoms with E-state index in [1.807, 2.05) is 22.8 Å². The van der Waals surface area contributed by atoms with Gasteiger partial charge in [0.05, 0.1) is 36.2 Å². The summed E-state index contributed by atoms with van der Waals surface area (Å²) in [7, 11) is 0. The summed E-state index contributed by atoms with van der Waals surface area (Å²) in [6.07, 6.45) is 6.24. The number of likely N-dealkylation sites (tertiary alicyclic amines) is 1. The van der Waals surface area contributed by atoms with Crippen LogP contribution in [0.3, 0.4) is 0 Å². The lowest BCUT2D eigenvalue weighted by atomic mass is 10.2. The molecule has 36 heavy (non-hydrogen) atoms. The molecule has 11 heteroatoms. The number of rotatable bonds is 5. The lowest BCUT2D eigenvalue weighted by molar-refractivity contribution is 0.0509. The van der Waals surface area contributed by atoms with E-state index in [4.69, 9.17) is 10.00 Å². The number of hydrogen-bond donors (Lipinski definition) is 1. The SMILES string of the molecule is Cc1c(N2CCC[C@H]2CO[C@H]2CCN(C(=O)N3CCN(c4ccc(C#N)cn4)CC3)C2)cn[nH]c1=O. The average molecular weight is 493 g/mol. The van der Waals surface area contributed by atoms with E-state index in [0.717, 1.165) is 37.3 Å². The summed E-state index contributed by atoms with van der Waals surface area (Å²) < 4.78 is 6.27. The molecular formula is C25H32N8O3. The fourth-order valence-electron chi connectivity index (χ4n) is 5.32. The monoisotopic (exact) mass is 492 g/mol. The zero-order chi connectivity index (χ0) is 25.1. The Bertz CT molecular complexity index is 1170. The number of carbonyl (C=O) groups is 1. The van der Waals surface area contributed by atoms with Crippen molar-refractivity contribution < 1.29 is 9.53 Å². The van der Waals surface area contributed by atoms with Crippen molar-refractivity contribution in [2.75, 3.05) is 62.2 Å². The van der Waals surface area contributed by atoms with Gasteiger partial charge in [-0.25, -0.2) is 14.9 Å². The molecule has 5 rings (SSSR count). The first-order valence-electron chi connectivity index (χ1n) is 12.6. The van der Waals surface area contributed by atoms with E-state index in [0.29, 0.717) is 57.0 Å². The summed E-state index contributed by atoms with van der Waals surface area (Å²) in [5.41, 5.74) is 1.95. The van der Waals surface area contributed by atoms with Crippen LogP contribution in [0.1, 0.15) is 30.4 Å². The van der Waals surface area contributed by atoms with Crippen LogP contribution in [-0.4, -0.2) is 95.6 Å². The third kappa shape index (κ3) is 4.99. The molecule has 2 atom stereocenters. The van der Waals surface area contributed by atoms with Gasteiger partial charge < -0.3 is 24.3 Å². The number of anilines is 2. The molecule has 0 spiro atoms. The molecule has 2 aromatic rings. The summed E-state index contributed by atoms with van der Waals surface area (Å²) in [5.74, 6) is 0.836. The maximum absolute atomic E-state index is 13.1. The van der Waals surface area contributed by atoms with Crippen LogP contribution in [0.2, 0.25) is 0 Å². The van der Waals surface area contributed by atoms with Crippen LogP contribution in [0.15, 0.2) is 29.3 Å². The van der Waals surface area contributed by atoms with Crippen LogP contribution in [-0.2, 0) is 4.74 Å². The van der Waals surface area contributed by atoms with Crippen molar-refractivity contribution in [2.45, 2.75) is 38.3 Å². The molecular weight excluding hydrogens is 460 g/mol. The minimum atomic E-state index is -0.155. The van der Waals surface area contributed by atoms with Crippen molar-refractivity contribution >= 4 is 17.5 Å². The first-order chi connectivity index (χ1) is 17.5. The first-order valence-corrected chi connectivity index (χ1v) is 12.6. The summed E-state index contributed by atoms with van der Waals surface area (Å²) in [6, 6.07) is 5.99. The number of H-pyrrole nitrogens is 1. The largest absolute Gasteiger partial charge is 0.374 e. The quantitative estimate of drug-likeness (QED) is 0.664. The van der Waals surface area contributed by atoms with Gasteiger partial charge in [0.25, 0.3) is 5.56 Å². The van der Waals surface area contributed by atoms with E-state index in [1.165, 1.54) is 0 Å². The minimum Gasteiger partial charge on any atom is -0.374 e. The Morgan fingerprint density at radius 1 is 1.14 bits per heavy atom. The number of piperazine rings is 1. The Labute approximate surface area is 210 Å². The highest BCUT2D eigenvalue weighted by Crippen LogP contribution is 2.27. The van der Waals surface area contributed by atoms with E-state index in [2.05, 4.69) is 31.1 Å². The number of nitrogens with one attached hydrogen (secondary N) is 1. The number of urea groups is 1. The Morgan fingerprint density at radius 2 is 1.97 bits per heavy atom. The van der Waals surface area contributed by atoms with Crippen molar-refractivity contribution in [1.82, 2.24) is 25.0 Å². The molecule has 3 saturated heterocycles. The van der Waals surface area contributed by atoms with Gasteiger partial charge in [-0.1, -0.05) is 0 Å². The van der Waals surface area contributed by atoms with Crippen LogP contribution in [0.4, 0.5) is 16.3 Å². The summed E-state index contributed by atoms with van der Waals surface area (Å²) in [5, 5.41) is 15.4. The first kappa shape index (κ1) is 24.1. The summed E-state index contributed by atoms with van der Waals surface area (Å²) in [6.45, 7) is 7.31. The zero-order valence-electron chi connectivity index (χ0n) is 20.6. The van der Waals surface area contributed by atoms with Crippen LogP contribution < -0.4 is 15.4 Å². The molecule has 2 amide bonds. The number of amides is 2. The summed E-state index contributed by atoms with van der Waals surface area (Å²) >= 11 is 0. The lowest BCUT2D eigenvalue weighted by Gasteiger charge is -2.37. The van der Waals surface area contributed by atoms with Gasteiger partial charge in [0, 0.05) is 57.6 Å². The highest BCUT2D eigenvalue weighted by molar-refractivity contribution is 5.75. The molecule has 0 radical (unpaired) electrons. The number of carbonyl (C=O) groups excluding carboxylic acids is 1. The third-order valence-electron chi connectivity index (χ3n) is 7.46. The number of hydrogen-bond acceptors (Lipinski definition) is 8. The smallest absolute Gasteiger partial charge is 0.320 e. The molecule has 190 valence electrons. The molecule has 0 unspecified atom stereocenters. The molecule has 1 N–H and O–H groups in total. The maximum atomic E-state index is 13.1. The van der Waals surface area contributed by atoms with Crippen molar-refractivity contribution in [2.24, 2.45) is 0 Å². The number of nitriles is 1. The molecule has 3 aliphatic heterocycles. The standard InChI is InChI=1S/C25H32N8O3/c1-18-22(15-28-29-24(18)34)33-7-2-3-20(33)17-36-21-6-8-32(16-21)25(35)31-11-9-30(10-12-31)23-5-4-19(13-26)14-27-23/h4-5,14-15,20-21H,2-3,6-12,16-17H2,1H3,(H,29,34)/t20-,21-/m0/s1.